The highest BCUT2D eigenvalue weighted by atomic mass is 35.5. The molecule has 7 heteroatoms. The van der Waals surface area contributed by atoms with Gasteiger partial charge in [0.25, 0.3) is 0 Å². The van der Waals surface area contributed by atoms with Crippen LogP contribution in [0.2, 0.25) is 5.02 Å². The number of ether oxygens (including phenoxy) is 1. The molecule has 0 fully saturated rings. The number of hydrogen-bond acceptors (Lipinski definition) is 3. The van der Waals surface area contributed by atoms with E-state index in [-0.39, 0.29) is 12.2 Å². The quantitative estimate of drug-likeness (QED) is 0.881. The molecule has 2 rings (SSSR count). The maximum atomic E-state index is 13.4. The largest absolute Gasteiger partial charge is 0.495 e. The van der Waals surface area contributed by atoms with Crippen LogP contribution in [-0.4, -0.2) is 19.6 Å². The monoisotopic (exact) mass is 326 g/mol. The number of nitrogens with one attached hydrogen (secondary N) is 2. The van der Waals surface area contributed by atoms with Gasteiger partial charge < -0.3 is 15.4 Å². The third kappa shape index (κ3) is 3.85. The van der Waals surface area contributed by atoms with E-state index in [2.05, 4.69) is 10.6 Å². The van der Waals surface area contributed by atoms with Crippen molar-refractivity contribution in [3.05, 3.63) is 53.1 Å². The molecule has 0 unspecified atom stereocenters. The van der Waals surface area contributed by atoms with Gasteiger partial charge in [0.1, 0.15) is 23.1 Å². The van der Waals surface area contributed by atoms with Crippen LogP contribution in [0.25, 0.3) is 0 Å². The van der Waals surface area contributed by atoms with Crippen molar-refractivity contribution in [2.75, 3.05) is 24.3 Å². The summed E-state index contributed by atoms with van der Waals surface area (Å²) in [6, 6.07) is 8.17. The summed E-state index contributed by atoms with van der Waals surface area (Å²) in [5.41, 5.74) is 0.108. The number of anilines is 2. The lowest BCUT2D eigenvalue weighted by Gasteiger charge is -2.10. The van der Waals surface area contributed by atoms with Crippen molar-refractivity contribution in [1.82, 2.24) is 0 Å². The summed E-state index contributed by atoms with van der Waals surface area (Å²) in [6.07, 6.45) is 0. The Morgan fingerprint density at radius 1 is 1.23 bits per heavy atom. The lowest BCUT2D eigenvalue weighted by molar-refractivity contribution is -0.114. The smallest absolute Gasteiger partial charge is 0.243 e. The molecular formula is C15H13ClF2N2O2. The second-order valence-electron chi connectivity index (χ2n) is 4.35. The zero-order valence-corrected chi connectivity index (χ0v) is 12.4. The molecule has 2 N–H and O–H groups in total. The van der Waals surface area contributed by atoms with Crippen LogP contribution < -0.4 is 15.4 Å². The SMILES string of the molecule is COc1ccc(NC(=O)CNc2c(F)cccc2F)cc1Cl. The molecule has 4 nitrogen and oxygen atoms in total. The summed E-state index contributed by atoms with van der Waals surface area (Å²) in [5.74, 6) is -1.52. The van der Waals surface area contributed by atoms with Crippen molar-refractivity contribution >= 4 is 28.9 Å². The lowest BCUT2D eigenvalue weighted by Crippen LogP contribution is -2.22. The first-order chi connectivity index (χ1) is 10.5. The molecule has 0 bridgehead atoms. The Morgan fingerprint density at radius 3 is 2.50 bits per heavy atom. The fourth-order valence-corrected chi connectivity index (χ4v) is 2.04. The van der Waals surface area contributed by atoms with Gasteiger partial charge in [0.2, 0.25) is 5.91 Å². The number of hydrogen-bond donors (Lipinski definition) is 2. The number of amides is 1. The van der Waals surface area contributed by atoms with Crippen LogP contribution in [0.3, 0.4) is 0 Å². The van der Waals surface area contributed by atoms with Gasteiger partial charge in [0, 0.05) is 5.69 Å². The van der Waals surface area contributed by atoms with Gasteiger partial charge in [-0.3, -0.25) is 4.79 Å². The molecule has 0 saturated carbocycles. The number of rotatable bonds is 5. The number of methoxy groups -OCH3 is 1. The second kappa shape index (κ2) is 7.09. The van der Waals surface area contributed by atoms with Crippen molar-refractivity contribution in [2.45, 2.75) is 0 Å². The molecule has 1 amide bonds. The average molecular weight is 327 g/mol. The van der Waals surface area contributed by atoms with E-state index in [1.54, 1.807) is 12.1 Å². The van der Waals surface area contributed by atoms with Crippen molar-refractivity contribution < 1.29 is 18.3 Å². The number of para-hydroxylation sites is 1. The fraction of sp³-hybridized carbons (Fsp3) is 0.133. The Balaban J connectivity index is 1.97. The number of carbonyl (C=O) groups is 1. The number of halogens is 3. The molecule has 2 aromatic carbocycles. The highest BCUT2D eigenvalue weighted by molar-refractivity contribution is 6.32. The van der Waals surface area contributed by atoms with E-state index in [0.717, 1.165) is 12.1 Å². The predicted molar refractivity (Wildman–Crippen MR) is 81.5 cm³/mol. The van der Waals surface area contributed by atoms with E-state index in [9.17, 15) is 13.6 Å². The molecular weight excluding hydrogens is 314 g/mol. The van der Waals surface area contributed by atoms with Crippen LogP contribution in [0.1, 0.15) is 0 Å². The Kier molecular flexibility index (Phi) is 5.16. The van der Waals surface area contributed by atoms with Crippen LogP contribution in [0.4, 0.5) is 20.2 Å². The van der Waals surface area contributed by atoms with Crippen LogP contribution in [0.15, 0.2) is 36.4 Å². The summed E-state index contributed by atoms with van der Waals surface area (Å²) in [5, 5.41) is 5.32. The molecule has 116 valence electrons. The van der Waals surface area contributed by atoms with E-state index in [0.29, 0.717) is 16.5 Å². The summed E-state index contributed by atoms with van der Waals surface area (Å²) in [7, 11) is 1.48. The molecule has 0 aliphatic rings. The van der Waals surface area contributed by atoms with Crippen molar-refractivity contribution in [2.24, 2.45) is 0 Å². The van der Waals surface area contributed by atoms with Gasteiger partial charge >= 0.3 is 0 Å². The highest BCUT2D eigenvalue weighted by Crippen LogP contribution is 2.27. The second-order valence-corrected chi connectivity index (χ2v) is 4.75. The molecule has 0 radical (unpaired) electrons. The minimum Gasteiger partial charge on any atom is -0.495 e. The minimum atomic E-state index is -0.764. The summed E-state index contributed by atoms with van der Waals surface area (Å²) in [4.78, 5) is 11.8. The Hall–Kier alpha value is -2.34. The van der Waals surface area contributed by atoms with Crippen LogP contribution in [0, 0.1) is 11.6 Å². The molecule has 22 heavy (non-hydrogen) atoms. The van der Waals surface area contributed by atoms with Gasteiger partial charge in [0.05, 0.1) is 18.7 Å². The van der Waals surface area contributed by atoms with Gasteiger partial charge in [-0.05, 0) is 30.3 Å². The molecule has 0 saturated heterocycles. The summed E-state index contributed by atoms with van der Waals surface area (Å²) < 4.78 is 31.8. The fourth-order valence-electron chi connectivity index (χ4n) is 1.78. The summed E-state index contributed by atoms with van der Waals surface area (Å²) >= 11 is 5.94. The Morgan fingerprint density at radius 2 is 1.91 bits per heavy atom. The van der Waals surface area contributed by atoms with E-state index < -0.39 is 17.5 Å². The van der Waals surface area contributed by atoms with Gasteiger partial charge in [-0.1, -0.05) is 17.7 Å². The third-order valence-corrected chi connectivity index (χ3v) is 3.12. The van der Waals surface area contributed by atoms with E-state index in [4.69, 9.17) is 16.3 Å². The van der Waals surface area contributed by atoms with E-state index in [1.165, 1.54) is 19.2 Å². The highest BCUT2D eigenvalue weighted by Gasteiger charge is 2.10. The first kappa shape index (κ1) is 16.0. The van der Waals surface area contributed by atoms with Crippen LogP contribution in [0.5, 0.6) is 5.75 Å². The molecule has 0 aliphatic heterocycles. The van der Waals surface area contributed by atoms with Crippen molar-refractivity contribution in [1.29, 1.82) is 0 Å². The first-order valence-corrected chi connectivity index (χ1v) is 6.70. The molecule has 0 heterocycles. The lowest BCUT2D eigenvalue weighted by atomic mass is 10.3. The number of carbonyl (C=O) groups excluding carboxylic acids is 1. The molecule has 0 atom stereocenters. The summed E-state index contributed by atoms with van der Waals surface area (Å²) in [6.45, 7) is -0.290. The molecule has 0 spiro atoms. The Labute approximate surface area is 131 Å². The van der Waals surface area contributed by atoms with Crippen molar-refractivity contribution in [3.63, 3.8) is 0 Å². The zero-order chi connectivity index (χ0) is 16.1. The average Bonchev–Trinajstić information content (AvgIpc) is 2.47. The van der Waals surface area contributed by atoms with E-state index in [1.807, 2.05) is 0 Å². The molecule has 0 aromatic heterocycles. The zero-order valence-electron chi connectivity index (χ0n) is 11.6. The minimum absolute atomic E-state index is 0.290. The van der Waals surface area contributed by atoms with Gasteiger partial charge in [0.15, 0.2) is 0 Å². The van der Waals surface area contributed by atoms with Gasteiger partial charge in [-0.2, -0.15) is 0 Å². The maximum absolute atomic E-state index is 13.4. The predicted octanol–water partition coefficient (Wildman–Crippen LogP) is 3.68. The van der Waals surface area contributed by atoms with Crippen LogP contribution >= 0.6 is 11.6 Å². The van der Waals surface area contributed by atoms with E-state index >= 15 is 0 Å². The van der Waals surface area contributed by atoms with Crippen molar-refractivity contribution in [3.8, 4) is 5.75 Å². The third-order valence-electron chi connectivity index (χ3n) is 2.82. The Bertz CT molecular complexity index is 675. The number of benzene rings is 2. The van der Waals surface area contributed by atoms with Gasteiger partial charge in [-0.25, -0.2) is 8.78 Å². The molecule has 2 aromatic rings. The first-order valence-electron chi connectivity index (χ1n) is 6.32. The normalized spacial score (nSPS) is 10.2. The van der Waals surface area contributed by atoms with Crippen LogP contribution in [-0.2, 0) is 4.79 Å². The van der Waals surface area contributed by atoms with Gasteiger partial charge in [-0.15, -0.1) is 0 Å². The maximum Gasteiger partial charge on any atom is 0.243 e. The molecule has 0 aliphatic carbocycles. The topological polar surface area (TPSA) is 50.4 Å². The standard InChI is InChI=1S/C15H13ClF2N2O2/c1-22-13-6-5-9(7-10(13)16)20-14(21)8-19-15-11(17)3-2-4-12(15)18/h2-7,19H,8H2,1H3,(H,20,21).